The van der Waals surface area contributed by atoms with Gasteiger partial charge >= 0.3 is 5.97 Å². The van der Waals surface area contributed by atoms with Crippen LogP contribution in [0.2, 0.25) is 0 Å². The van der Waals surface area contributed by atoms with Crippen LogP contribution in [0.25, 0.3) is 0 Å². The molecule has 1 fully saturated rings. The van der Waals surface area contributed by atoms with Crippen molar-refractivity contribution in [2.45, 2.75) is 147 Å². The van der Waals surface area contributed by atoms with E-state index in [1.165, 1.54) is 64.2 Å². The quantitative estimate of drug-likeness (QED) is 0.200. The highest BCUT2D eigenvalue weighted by Gasteiger charge is 2.27. The van der Waals surface area contributed by atoms with Crippen molar-refractivity contribution in [1.82, 2.24) is 0 Å². The van der Waals surface area contributed by atoms with E-state index in [9.17, 15) is 9.90 Å². The lowest BCUT2D eigenvalue weighted by molar-refractivity contribution is -0.159. The fourth-order valence-electron chi connectivity index (χ4n) is 4.36. The van der Waals surface area contributed by atoms with E-state index in [1.807, 2.05) is 0 Å². The number of ether oxygens (including phenoxy) is 2. The Morgan fingerprint density at radius 3 is 1.93 bits per heavy atom. The van der Waals surface area contributed by atoms with Crippen LogP contribution in [0.4, 0.5) is 0 Å². The number of aliphatic hydroxyl groups is 1. The number of rotatable bonds is 18. The molecular weight excluding hydrogens is 364 g/mol. The summed E-state index contributed by atoms with van der Waals surface area (Å²) in [5.74, 6) is -0.0489. The Morgan fingerprint density at radius 1 is 0.828 bits per heavy atom. The molecule has 1 rings (SSSR count). The summed E-state index contributed by atoms with van der Waals surface area (Å²) in [5, 5.41) is 9.98. The van der Waals surface area contributed by atoms with E-state index >= 15 is 0 Å². The molecule has 0 radical (unpaired) electrons. The van der Waals surface area contributed by atoms with E-state index in [2.05, 4.69) is 6.92 Å². The average Bonchev–Trinajstić information content (AvgIpc) is 2.73. The number of methoxy groups -OCH3 is 1. The van der Waals surface area contributed by atoms with Crippen molar-refractivity contribution < 1.29 is 19.4 Å². The van der Waals surface area contributed by atoms with Crippen LogP contribution in [0.1, 0.15) is 129 Å². The number of hydrogen-bond donors (Lipinski definition) is 1. The Morgan fingerprint density at radius 2 is 1.34 bits per heavy atom. The number of hydrogen-bond acceptors (Lipinski definition) is 4. The molecule has 1 N–H and O–H groups in total. The highest BCUT2D eigenvalue weighted by atomic mass is 16.6. The number of carbonyl (C=O) groups is 1. The van der Waals surface area contributed by atoms with Crippen LogP contribution in [0.5, 0.6) is 0 Å². The van der Waals surface area contributed by atoms with Crippen LogP contribution in [-0.2, 0) is 14.3 Å². The van der Waals surface area contributed by atoms with E-state index < -0.39 is 0 Å². The molecule has 0 aliphatic heterocycles. The highest BCUT2D eigenvalue weighted by molar-refractivity contribution is 5.69. The van der Waals surface area contributed by atoms with Gasteiger partial charge in [-0.05, 0) is 38.5 Å². The molecule has 0 saturated heterocycles. The van der Waals surface area contributed by atoms with Crippen LogP contribution in [-0.4, -0.2) is 36.5 Å². The Labute approximate surface area is 180 Å². The Hall–Kier alpha value is -0.610. The van der Waals surface area contributed by atoms with E-state index in [0.29, 0.717) is 6.42 Å². The fourth-order valence-corrected chi connectivity index (χ4v) is 4.36. The first-order valence-electron chi connectivity index (χ1n) is 12.6. The molecule has 3 unspecified atom stereocenters. The lowest BCUT2D eigenvalue weighted by Gasteiger charge is -2.29. The third-order valence-corrected chi connectivity index (χ3v) is 6.29. The summed E-state index contributed by atoms with van der Waals surface area (Å²) in [7, 11) is 1.72. The van der Waals surface area contributed by atoms with Crippen molar-refractivity contribution in [2.24, 2.45) is 0 Å². The van der Waals surface area contributed by atoms with Gasteiger partial charge in [0.15, 0.2) is 0 Å². The largest absolute Gasteiger partial charge is 0.460 e. The van der Waals surface area contributed by atoms with Gasteiger partial charge in [0.1, 0.15) is 6.10 Å². The summed E-state index contributed by atoms with van der Waals surface area (Å²) in [6.07, 6.45) is 21.2. The Bertz CT molecular complexity index is 385. The van der Waals surface area contributed by atoms with Crippen molar-refractivity contribution in [3.63, 3.8) is 0 Å². The van der Waals surface area contributed by atoms with Gasteiger partial charge in [-0.25, -0.2) is 0 Å². The zero-order chi connectivity index (χ0) is 21.2. The summed E-state index contributed by atoms with van der Waals surface area (Å²) >= 11 is 0. The molecule has 0 aromatic heterocycles. The van der Waals surface area contributed by atoms with Crippen molar-refractivity contribution in [3.8, 4) is 0 Å². The lowest BCUT2D eigenvalue weighted by Crippen LogP contribution is -2.35. The predicted octanol–water partition coefficient (Wildman–Crippen LogP) is 6.72. The number of carbonyl (C=O) groups excluding carboxylic acids is 1. The average molecular weight is 413 g/mol. The van der Waals surface area contributed by atoms with Crippen LogP contribution in [0.15, 0.2) is 0 Å². The van der Waals surface area contributed by atoms with Gasteiger partial charge in [-0.2, -0.15) is 0 Å². The zero-order valence-corrected chi connectivity index (χ0v) is 19.3. The van der Waals surface area contributed by atoms with E-state index in [1.54, 1.807) is 7.11 Å². The van der Waals surface area contributed by atoms with Crippen LogP contribution in [0, 0.1) is 0 Å². The molecule has 0 heterocycles. The second-order valence-electron chi connectivity index (χ2n) is 8.96. The van der Waals surface area contributed by atoms with E-state index in [4.69, 9.17) is 9.47 Å². The molecule has 4 nitrogen and oxygen atoms in total. The standard InChI is InChI=1S/C25H48O4/c1-3-4-5-12-17-22(26)18-13-10-8-6-7-9-11-14-21-25(27)29-24-20-16-15-19-23(24)28-2/h22-24,26H,3-21H2,1-2H3. The van der Waals surface area contributed by atoms with Crippen molar-refractivity contribution in [2.75, 3.05) is 7.11 Å². The SMILES string of the molecule is CCCCCCC(O)CCCCCCCCCCC(=O)OC1CCCCC1OC. The monoisotopic (exact) mass is 412 g/mol. The van der Waals surface area contributed by atoms with Crippen LogP contribution >= 0.6 is 0 Å². The maximum atomic E-state index is 12.0. The molecule has 0 aromatic carbocycles. The minimum Gasteiger partial charge on any atom is -0.460 e. The van der Waals surface area contributed by atoms with Gasteiger partial charge in [0.05, 0.1) is 12.2 Å². The molecule has 0 spiro atoms. The maximum absolute atomic E-state index is 12.0. The van der Waals surface area contributed by atoms with Crippen LogP contribution in [0.3, 0.4) is 0 Å². The molecule has 0 amide bonds. The minimum atomic E-state index is -0.0839. The molecule has 0 bridgehead atoms. The fraction of sp³-hybridized carbons (Fsp3) is 0.960. The lowest BCUT2D eigenvalue weighted by atomic mass is 9.94. The molecule has 1 aliphatic rings. The number of esters is 1. The third-order valence-electron chi connectivity index (χ3n) is 6.29. The second-order valence-corrected chi connectivity index (χ2v) is 8.96. The first-order chi connectivity index (χ1) is 14.2. The molecule has 0 aromatic rings. The Kier molecular flexibility index (Phi) is 16.6. The maximum Gasteiger partial charge on any atom is 0.306 e. The molecule has 3 atom stereocenters. The van der Waals surface area contributed by atoms with Gasteiger partial charge in [0.25, 0.3) is 0 Å². The molecule has 29 heavy (non-hydrogen) atoms. The summed E-state index contributed by atoms with van der Waals surface area (Å²) in [4.78, 5) is 12.0. The smallest absolute Gasteiger partial charge is 0.306 e. The normalized spacial score (nSPS) is 20.5. The third kappa shape index (κ3) is 14.1. The molecule has 4 heteroatoms. The molecule has 172 valence electrons. The van der Waals surface area contributed by atoms with Gasteiger partial charge in [0, 0.05) is 13.5 Å². The predicted molar refractivity (Wildman–Crippen MR) is 120 cm³/mol. The van der Waals surface area contributed by atoms with Gasteiger partial charge < -0.3 is 14.6 Å². The van der Waals surface area contributed by atoms with Gasteiger partial charge in [-0.15, -0.1) is 0 Å². The summed E-state index contributed by atoms with van der Waals surface area (Å²) in [5.41, 5.74) is 0. The van der Waals surface area contributed by atoms with E-state index in [-0.39, 0.29) is 24.3 Å². The molecule has 1 saturated carbocycles. The van der Waals surface area contributed by atoms with Crippen molar-refractivity contribution in [3.05, 3.63) is 0 Å². The van der Waals surface area contributed by atoms with E-state index in [0.717, 1.165) is 51.4 Å². The summed E-state index contributed by atoms with van der Waals surface area (Å²) in [6.45, 7) is 2.22. The zero-order valence-electron chi connectivity index (χ0n) is 19.3. The van der Waals surface area contributed by atoms with Gasteiger partial charge in [0.2, 0.25) is 0 Å². The van der Waals surface area contributed by atoms with Crippen LogP contribution < -0.4 is 0 Å². The first kappa shape index (κ1) is 26.4. The summed E-state index contributed by atoms with van der Waals surface area (Å²) in [6, 6.07) is 0. The van der Waals surface area contributed by atoms with Crippen molar-refractivity contribution >= 4 is 5.97 Å². The number of unbranched alkanes of at least 4 members (excludes halogenated alkanes) is 10. The second kappa shape index (κ2) is 18.2. The first-order valence-corrected chi connectivity index (χ1v) is 12.6. The van der Waals surface area contributed by atoms with Crippen molar-refractivity contribution in [1.29, 1.82) is 0 Å². The topological polar surface area (TPSA) is 55.8 Å². The highest BCUT2D eigenvalue weighted by Crippen LogP contribution is 2.24. The summed E-state index contributed by atoms with van der Waals surface area (Å²) < 4.78 is 11.1. The minimum absolute atomic E-state index is 0.0314. The molecular formula is C25H48O4. The number of aliphatic hydroxyl groups excluding tert-OH is 1. The molecule has 1 aliphatic carbocycles. The Balaban J connectivity index is 1.86. The van der Waals surface area contributed by atoms with Gasteiger partial charge in [-0.3, -0.25) is 4.79 Å². The van der Waals surface area contributed by atoms with Gasteiger partial charge in [-0.1, -0.05) is 84.0 Å².